The van der Waals surface area contributed by atoms with Crippen LogP contribution in [-0.2, 0) is 65.2 Å². The number of hydrogen-bond donors (Lipinski definition) is 7. The van der Waals surface area contributed by atoms with Gasteiger partial charge in [0.15, 0.2) is 5.60 Å². The van der Waals surface area contributed by atoms with Crippen LogP contribution in [-0.4, -0.2) is 123 Å². The minimum atomic E-state index is -1.95. The number of carbonyl (C=O) groups is 8. The molecule has 0 fully saturated rings. The molecule has 2 aromatic carbocycles. The highest BCUT2D eigenvalue weighted by molar-refractivity contribution is 5.98. The van der Waals surface area contributed by atoms with Crippen LogP contribution in [0.3, 0.4) is 0 Å². The zero-order valence-electron chi connectivity index (χ0n) is 41.5. The molecule has 2 aliphatic heterocycles. The first-order chi connectivity index (χ1) is 34.6. The number of cyclic esters (lactones) is 1. The van der Waals surface area contributed by atoms with Crippen LogP contribution in [0, 0.1) is 5.92 Å². The average Bonchev–Trinajstić information content (AvgIpc) is 3.73. The quantitative estimate of drug-likeness (QED) is 0.0410. The molecule has 73 heavy (non-hydrogen) atoms. The van der Waals surface area contributed by atoms with Crippen LogP contribution in [0.2, 0.25) is 0 Å². The van der Waals surface area contributed by atoms with Gasteiger partial charge in [0.2, 0.25) is 17.7 Å². The number of nitrogens with one attached hydrogen (secondary N) is 4. The van der Waals surface area contributed by atoms with E-state index in [-0.39, 0.29) is 87.5 Å². The number of anilines is 1. The molecule has 2 aliphatic rings. The molecule has 2 aromatic heterocycles. The number of nitrogens with zero attached hydrogens (tertiary/aromatic N) is 4. The molecule has 0 aliphatic carbocycles. The minimum absolute atomic E-state index is 0.0247. The summed E-state index contributed by atoms with van der Waals surface area (Å²) in [5.41, 5.74) is 7.56. The van der Waals surface area contributed by atoms with Crippen molar-refractivity contribution < 1.29 is 62.8 Å². The Bertz CT molecular complexity index is 2870. The maximum atomic E-state index is 13.7. The molecule has 6 rings (SSSR count). The van der Waals surface area contributed by atoms with E-state index < -0.39 is 77.9 Å². The molecule has 3 atom stereocenters. The first-order valence-electron chi connectivity index (χ1n) is 23.8. The van der Waals surface area contributed by atoms with Crippen molar-refractivity contribution in [3.8, 4) is 17.1 Å². The second-order valence-electron chi connectivity index (χ2n) is 18.2. The molecule has 0 unspecified atom stereocenters. The zero-order chi connectivity index (χ0) is 53.3. The summed E-state index contributed by atoms with van der Waals surface area (Å²) < 4.78 is 18.0. The van der Waals surface area contributed by atoms with Crippen molar-refractivity contribution in [1.82, 2.24) is 35.3 Å². The molecule has 390 valence electrons. The van der Waals surface area contributed by atoms with E-state index in [9.17, 15) is 48.3 Å². The number of aromatic nitrogens is 2. The number of ether oxygens (including phenoxy) is 3. The number of benzene rings is 2. The molecular formula is C50H61N9O14. The van der Waals surface area contributed by atoms with E-state index in [1.807, 2.05) is 6.92 Å². The zero-order valence-corrected chi connectivity index (χ0v) is 41.5. The molecule has 0 spiro atoms. The van der Waals surface area contributed by atoms with Gasteiger partial charge in [0.1, 0.15) is 31.0 Å². The monoisotopic (exact) mass is 1010 g/mol. The predicted molar refractivity (Wildman–Crippen MR) is 263 cm³/mol. The van der Waals surface area contributed by atoms with Crippen LogP contribution in [0.15, 0.2) is 53.3 Å². The van der Waals surface area contributed by atoms with Crippen molar-refractivity contribution in [3.63, 3.8) is 0 Å². The summed E-state index contributed by atoms with van der Waals surface area (Å²) in [5.74, 6) is -4.03. The molecule has 8 N–H and O–H groups in total. The number of carboxylic acid groups (broad SMARTS) is 1. The highest BCUT2D eigenvalue weighted by Gasteiger charge is 2.45. The Morgan fingerprint density at radius 1 is 0.918 bits per heavy atom. The summed E-state index contributed by atoms with van der Waals surface area (Å²) in [5, 5.41) is 31.2. The van der Waals surface area contributed by atoms with Crippen molar-refractivity contribution >= 4 is 64.5 Å². The number of aryl methyl sites for hydroxylation is 1. The van der Waals surface area contributed by atoms with Crippen molar-refractivity contribution in [3.05, 3.63) is 86.7 Å². The van der Waals surface area contributed by atoms with Crippen LogP contribution in [0.5, 0.6) is 5.75 Å². The largest absolute Gasteiger partial charge is 0.481 e. The molecule has 23 nitrogen and oxygen atoms in total. The van der Waals surface area contributed by atoms with Crippen molar-refractivity contribution in [2.75, 3.05) is 39.0 Å². The average molecular weight is 1010 g/mol. The van der Waals surface area contributed by atoms with Crippen molar-refractivity contribution in [2.24, 2.45) is 11.7 Å². The third-order valence-electron chi connectivity index (χ3n) is 12.7. The Labute approximate surface area is 419 Å². The summed E-state index contributed by atoms with van der Waals surface area (Å²) in [4.78, 5) is 121. The summed E-state index contributed by atoms with van der Waals surface area (Å²) in [6, 6.07) is 10.1. The number of esters is 1. The molecule has 4 aromatic rings. The normalized spacial score (nSPS) is 15.2. The van der Waals surface area contributed by atoms with Gasteiger partial charge in [0.05, 0.1) is 35.4 Å². The van der Waals surface area contributed by atoms with E-state index in [2.05, 4.69) is 21.3 Å². The van der Waals surface area contributed by atoms with E-state index in [0.717, 1.165) is 16.5 Å². The maximum Gasteiger partial charge on any atom is 0.415 e. The van der Waals surface area contributed by atoms with Gasteiger partial charge >= 0.3 is 30.2 Å². The van der Waals surface area contributed by atoms with Gasteiger partial charge in [-0.25, -0.2) is 24.2 Å². The highest BCUT2D eigenvalue weighted by Crippen LogP contribution is 2.41. The number of carbonyl (C=O) groups excluding carboxylic acids is 7. The molecule has 23 heteroatoms. The maximum absolute atomic E-state index is 13.7. The molecule has 4 heterocycles. The van der Waals surface area contributed by atoms with Gasteiger partial charge in [-0.15, -0.1) is 0 Å². The molecular weight excluding hydrogens is 951 g/mol. The van der Waals surface area contributed by atoms with E-state index in [1.165, 1.54) is 23.9 Å². The third kappa shape index (κ3) is 12.7. The van der Waals surface area contributed by atoms with Crippen LogP contribution in [0.25, 0.3) is 22.3 Å². The topological polar surface area (TPSA) is 320 Å². The molecule has 0 radical (unpaired) electrons. The Morgan fingerprint density at radius 2 is 1.62 bits per heavy atom. The van der Waals surface area contributed by atoms with Gasteiger partial charge in [-0.2, -0.15) is 0 Å². The number of fused-ring (bicyclic) bond motifs is 5. The van der Waals surface area contributed by atoms with Gasteiger partial charge in [-0.1, -0.05) is 39.8 Å². The number of aliphatic carboxylic acids is 1. The Morgan fingerprint density at radius 3 is 2.26 bits per heavy atom. The number of likely N-dealkylation sites (N-methyl/N-ethyl adjacent to an activating group) is 2. The van der Waals surface area contributed by atoms with E-state index in [4.69, 9.17) is 30.0 Å². The number of aliphatic hydroxyl groups is 1. The minimum Gasteiger partial charge on any atom is -0.481 e. The van der Waals surface area contributed by atoms with Gasteiger partial charge in [-0.3, -0.25) is 24.0 Å². The lowest BCUT2D eigenvalue weighted by molar-refractivity contribution is -0.172. The number of rotatable bonds is 21. The van der Waals surface area contributed by atoms with Crippen LogP contribution in [0.1, 0.15) is 87.6 Å². The lowest BCUT2D eigenvalue weighted by Crippen LogP contribution is -2.54. The number of primary amides is 1. The fraction of sp³-hybridized carbons (Fsp3) is 0.440. The Balaban J connectivity index is 1.01. The smallest absolute Gasteiger partial charge is 0.415 e. The van der Waals surface area contributed by atoms with Gasteiger partial charge in [0.25, 0.3) is 5.56 Å². The standard InChI is InChI=1S/C50H61N9O14/c1-7-31-32-22-30(15-16-36(32)54-42-33(31)24-59-38(42)23-35-34(45(59)65)26-71-46(66)50(35,70)8-2)73-49(69)58(6)21-20-57(5)48(68)72-25-28-11-13-29(14-12-28)53-43(63)37(10-9-19-52-47(51)67)55-44(64)41(27(3)4)56-39(60)17-18-40(61)62/h11-16,22-23,27,37,41,70H,7-10,17-21,24-26H2,1-6H3,(H,53,63)(H,55,64)(H,56,60)(H,61,62)(H3,51,52,67)/t37-,41-,50-/m0/s1. The van der Waals surface area contributed by atoms with E-state index >= 15 is 0 Å². The number of pyridine rings is 2. The summed E-state index contributed by atoms with van der Waals surface area (Å²) in [6.45, 7) is 7.13. The number of urea groups is 1. The van der Waals surface area contributed by atoms with Crippen molar-refractivity contribution in [2.45, 2.75) is 104 Å². The molecule has 7 amide bonds. The lowest BCUT2D eigenvalue weighted by Gasteiger charge is -2.31. The number of carboxylic acids is 1. The van der Waals surface area contributed by atoms with Crippen LogP contribution < -0.4 is 37.3 Å². The second-order valence-corrected chi connectivity index (χ2v) is 18.2. The number of nitrogens with two attached hydrogens (primary N) is 1. The molecule has 0 bridgehead atoms. The first-order valence-corrected chi connectivity index (χ1v) is 23.8. The molecule has 0 saturated carbocycles. The fourth-order valence-electron chi connectivity index (χ4n) is 8.49. The summed E-state index contributed by atoms with van der Waals surface area (Å²) in [6.07, 6.45) is -1.19. The lowest BCUT2D eigenvalue weighted by atomic mass is 9.86. The second kappa shape index (κ2) is 23.4. The Hall–Kier alpha value is -8.08. The van der Waals surface area contributed by atoms with Crippen LogP contribution in [0.4, 0.5) is 20.1 Å². The molecule has 0 saturated heterocycles. The first kappa shape index (κ1) is 54.3. The SMILES string of the molecule is CCc1c2c(nc3ccc(OC(=O)N(C)CCN(C)C(=O)OCc4ccc(NC(=O)[C@H](CCCNC(N)=O)NC(=O)[C@@H](NC(=O)CCC(=O)O)C(C)C)cc4)cc13)-c1cc3c(c(=O)n1C2)COC(=O)[C@]3(O)CC. The number of hydrogen-bond acceptors (Lipinski definition) is 14. The summed E-state index contributed by atoms with van der Waals surface area (Å²) in [7, 11) is 3.03. The third-order valence-corrected chi connectivity index (χ3v) is 12.7. The van der Waals surface area contributed by atoms with Gasteiger partial charge in [0, 0.05) is 62.4 Å². The van der Waals surface area contributed by atoms with E-state index in [1.54, 1.807) is 73.9 Å². The summed E-state index contributed by atoms with van der Waals surface area (Å²) >= 11 is 0. The van der Waals surface area contributed by atoms with Gasteiger partial charge in [-0.05, 0) is 79.1 Å². The predicted octanol–water partition coefficient (Wildman–Crippen LogP) is 3.22. The van der Waals surface area contributed by atoms with Crippen molar-refractivity contribution in [1.29, 1.82) is 0 Å². The highest BCUT2D eigenvalue weighted by atomic mass is 16.6. The van der Waals surface area contributed by atoms with E-state index in [0.29, 0.717) is 34.6 Å². The van der Waals surface area contributed by atoms with Crippen LogP contribution >= 0.6 is 0 Å². The number of amides is 7. The fourth-order valence-corrected chi connectivity index (χ4v) is 8.49. The van der Waals surface area contributed by atoms with Gasteiger partial charge < -0.3 is 65.8 Å². The Kier molecular flexibility index (Phi) is 17.4.